The zero-order chi connectivity index (χ0) is 24.0. The molecule has 0 saturated carbocycles. The van der Waals surface area contributed by atoms with Crippen LogP contribution in [0, 0.1) is 0 Å². The van der Waals surface area contributed by atoms with Crippen LogP contribution in [-0.4, -0.2) is 37.4 Å². The number of hydrogen-bond acceptors (Lipinski definition) is 6. The first-order valence-corrected chi connectivity index (χ1v) is 10.8. The van der Waals surface area contributed by atoms with Gasteiger partial charge in [-0.2, -0.15) is 0 Å². The second-order valence-corrected chi connectivity index (χ2v) is 7.86. The topological polar surface area (TPSA) is 71.1 Å². The van der Waals surface area contributed by atoms with Crippen LogP contribution in [0.5, 0.6) is 11.5 Å². The molecule has 172 valence electrons. The molecule has 0 aliphatic heterocycles. The summed E-state index contributed by atoms with van der Waals surface area (Å²) in [5.74, 6) is 0.196. The van der Waals surface area contributed by atoms with Crippen molar-refractivity contribution >= 4 is 45.1 Å². The van der Waals surface area contributed by atoms with Gasteiger partial charge in [0.05, 0.1) is 0 Å². The van der Waals surface area contributed by atoms with E-state index in [1.807, 2.05) is 30.3 Å². The largest absolute Gasteiger partial charge is 0.488 e. The van der Waals surface area contributed by atoms with E-state index in [-0.39, 0.29) is 13.2 Å². The van der Waals surface area contributed by atoms with Gasteiger partial charge in [-0.05, 0) is 32.0 Å². The summed E-state index contributed by atoms with van der Waals surface area (Å²) in [6, 6.07) is 13.1. The van der Waals surface area contributed by atoms with Crippen LogP contribution in [-0.2, 0) is 19.1 Å². The van der Waals surface area contributed by atoms with Crippen molar-refractivity contribution in [1.29, 1.82) is 0 Å². The van der Waals surface area contributed by atoms with Crippen molar-refractivity contribution in [2.75, 3.05) is 13.2 Å². The highest BCUT2D eigenvalue weighted by Gasteiger charge is 2.19. The molecule has 0 radical (unpaired) electrons. The Morgan fingerprint density at radius 3 is 1.76 bits per heavy atom. The van der Waals surface area contributed by atoms with Crippen molar-refractivity contribution in [3.05, 3.63) is 72.8 Å². The predicted molar refractivity (Wildman–Crippen MR) is 129 cm³/mol. The van der Waals surface area contributed by atoms with Crippen molar-refractivity contribution in [3.63, 3.8) is 0 Å². The van der Waals surface area contributed by atoms with E-state index >= 15 is 0 Å². The zero-order valence-electron chi connectivity index (χ0n) is 18.5. The van der Waals surface area contributed by atoms with Crippen molar-refractivity contribution in [1.82, 2.24) is 0 Å². The minimum Gasteiger partial charge on any atom is -0.488 e. The van der Waals surface area contributed by atoms with Crippen LogP contribution in [0.2, 0.25) is 5.02 Å². The number of carbonyl (C=O) groups excluding carboxylic acids is 2. The van der Waals surface area contributed by atoms with Gasteiger partial charge in [-0.1, -0.05) is 49.0 Å². The molecule has 0 fully saturated rings. The fourth-order valence-corrected chi connectivity index (χ4v) is 3.52. The Balaban J connectivity index is 2.02. The van der Waals surface area contributed by atoms with Gasteiger partial charge in [-0.3, -0.25) is 0 Å². The highest BCUT2D eigenvalue weighted by molar-refractivity contribution is 6.31. The lowest BCUT2D eigenvalue weighted by atomic mass is 10.0. The van der Waals surface area contributed by atoms with E-state index in [0.29, 0.717) is 16.5 Å². The molecule has 0 N–H and O–H groups in total. The summed E-state index contributed by atoms with van der Waals surface area (Å²) in [6.45, 7) is 10.6. The molecule has 0 bridgehead atoms. The maximum absolute atomic E-state index is 11.5. The Bertz CT molecular complexity index is 1200. The van der Waals surface area contributed by atoms with E-state index in [4.69, 9.17) is 30.5 Å². The molecule has 3 aromatic rings. The highest BCUT2D eigenvalue weighted by atomic mass is 35.5. The van der Waals surface area contributed by atoms with E-state index in [1.165, 1.54) is 0 Å². The second kappa shape index (κ2) is 10.9. The van der Waals surface area contributed by atoms with Crippen LogP contribution in [0.1, 0.15) is 13.8 Å². The van der Waals surface area contributed by atoms with Gasteiger partial charge in [0.15, 0.2) is 0 Å². The fraction of sp³-hybridized carbons (Fsp3) is 0.231. The molecular weight excluding hydrogens is 444 g/mol. The van der Waals surface area contributed by atoms with Crippen LogP contribution in [0.3, 0.4) is 0 Å². The molecule has 0 aromatic heterocycles. The molecule has 3 rings (SSSR count). The third-order valence-electron chi connectivity index (χ3n) is 4.78. The zero-order valence-corrected chi connectivity index (χ0v) is 19.3. The van der Waals surface area contributed by atoms with Crippen LogP contribution < -0.4 is 9.47 Å². The quantitative estimate of drug-likeness (QED) is 0.218. The number of rotatable bonds is 10. The standard InChI is InChI=1S/C26H25ClO6/c1-5-23(28)32-16(3)14-30-25-19-9-7-8-10-20(19)26(22-13-18(27)11-12-21(22)25)31-15-17(4)33-24(29)6-2/h5-13,16-17H,1-2,14-15H2,3-4H3. The summed E-state index contributed by atoms with van der Waals surface area (Å²) in [5, 5.41) is 3.69. The minimum absolute atomic E-state index is 0.139. The number of fused-ring (bicyclic) bond motifs is 2. The highest BCUT2D eigenvalue weighted by Crippen LogP contribution is 2.43. The maximum Gasteiger partial charge on any atom is 0.330 e. The van der Waals surface area contributed by atoms with E-state index in [0.717, 1.165) is 33.7 Å². The van der Waals surface area contributed by atoms with Crippen molar-refractivity contribution in [3.8, 4) is 11.5 Å². The van der Waals surface area contributed by atoms with Crippen molar-refractivity contribution in [2.45, 2.75) is 26.1 Å². The molecule has 7 heteroatoms. The molecule has 2 unspecified atom stereocenters. The Morgan fingerprint density at radius 1 is 0.818 bits per heavy atom. The molecule has 33 heavy (non-hydrogen) atoms. The lowest BCUT2D eigenvalue weighted by Crippen LogP contribution is -2.21. The molecule has 0 saturated heterocycles. The lowest BCUT2D eigenvalue weighted by molar-refractivity contribution is -0.144. The smallest absolute Gasteiger partial charge is 0.330 e. The van der Waals surface area contributed by atoms with Gasteiger partial charge in [0.1, 0.15) is 36.9 Å². The second-order valence-electron chi connectivity index (χ2n) is 7.42. The SMILES string of the molecule is C=CC(=O)OC(C)COc1c2ccccc2c(OCC(C)OC(=O)C=C)c2cc(Cl)ccc12. The van der Waals surface area contributed by atoms with E-state index in [2.05, 4.69) is 13.2 Å². The third-order valence-corrected chi connectivity index (χ3v) is 5.02. The van der Waals surface area contributed by atoms with E-state index in [1.54, 1.807) is 26.0 Å². The number of carbonyl (C=O) groups is 2. The molecule has 2 atom stereocenters. The summed E-state index contributed by atoms with van der Waals surface area (Å²) in [4.78, 5) is 23.0. The summed E-state index contributed by atoms with van der Waals surface area (Å²) < 4.78 is 22.7. The maximum atomic E-state index is 11.5. The fourth-order valence-electron chi connectivity index (χ4n) is 3.34. The molecule has 0 heterocycles. The van der Waals surface area contributed by atoms with E-state index < -0.39 is 24.1 Å². The molecule has 0 amide bonds. The average molecular weight is 469 g/mol. The molecule has 0 spiro atoms. The first-order chi connectivity index (χ1) is 15.8. The Hall–Kier alpha value is -3.51. The summed E-state index contributed by atoms with van der Waals surface area (Å²) in [6.07, 6.45) is 1.26. The summed E-state index contributed by atoms with van der Waals surface area (Å²) >= 11 is 6.30. The van der Waals surface area contributed by atoms with Crippen LogP contribution in [0.25, 0.3) is 21.5 Å². The van der Waals surface area contributed by atoms with Crippen molar-refractivity contribution in [2.24, 2.45) is 0 Å². The molecule has 0 aliphatic carbocycles. The minimum atomic E-state index is -0.515. The van der Waals surface area contributed by atoms with Gasteiger partial charge in [-0.25, -0.2) is 9.59 Å². The molecule has 3 aromatic carbocycles. The van der Waals surface area contributed by atoms with Gasteiger partial charge in [0.25, 0.3) is 0 Å². The molecular formula is C26H25ClO6. The predicted octanol–water partition coefficient (Wildman–Crippen LogP) is 5.64. The van der Waals surface area contributed by atoms with Crippen LogP contribution in [0.4, 0.5) is 0 Å². The Labute approximate surface area is 197 Å². The van der Waals surface area contributed by atoms with Gasteiger partial charge < -0.3 is 18.9 Å². The number of halogens is 1. The Kier molecular flexibility index (Phi) is 7.96. The normalized spacial score (nSPS) is 12.6. The first-order valence-electron chi connectivity index (χ1n) is 10.4. The van der Waals surface area contributed by atoms with Gasteiger partial charge in [0, 0.05) is 38.7 Å². The van der Waals surface area contributed by atoms with E-state index in [9.17, 15) is 9.59 Å². The van der Waals surface area contributed by atoms with Gasteiger partial charge in [0.2, 0.25) is 0 Å². The third kappa shape index (κ3) is 5.84. The number of ether oxygens (including phenoxy) is 4. The summed E-state index contributed by atoms with van der Waals surface area (Å²) in [7, 11) is 0. The van der Waals surface area contributed by atoms with Gasteiger partial charge >= 0.3 is 11.9 Å². The lowest BCUT2D eigenvalue weighted by Gasteiger charge is -2.20. The van der Waals surface area contributed by atoms with Crippen LogP contribution in [0.15, 0.2) is 67.8 Å². The van der Waals surface area contributed by atoms with Crippen LogP contribution >= 0.6 is 11.6 Å². The molecule has 0 aliphatic rings. The average Bonchev–Trinajstić information content (AvgIpc) is 2.80. The van der Waals surface area contributed by atoms with Crippen molar-refractivity contribution < 1.29 is 28.5 Å². The monoisotopic (exact) mass is 468 g/mol. The number of hydrogen-bond donors (Lipinski definition) is 0. The Morgan fingerprint density at radius 2 is 1.27 bits per heavy atom. The van der Waals surface area contributed by atoms with Gasteiger partial charge in [-0.15, -0.1) is 0 Å². The first kappa shape index (κ1) is 24.1. The summed E-state index contributed by atoms with van der Waals surface area (Å²) in [5.41, 5.74) is 0. The number of benzene rings is 3. The molecule has 6 nitrogen and oxygen atoms in total. The number of esters is 2.